The first-order chi connectivity index (χ1) is 13.1. The minimum Gasteiger partial charge on any atom is -0.368 e. The standard InChI is InChI=1S/C22H22N2O3/c23-22(26)20(13-18-11-6-10-17-9-4-5-12-19(17)18)24-21(25)15-27-14-16-7-2-1-3-8-16/h1-12,20H,13-15H2,(H2,23,26)(H,24,25)/t20-/m0/s1. The number of hydrogen-bond donors (Lipinski definition) is 2. The predicted molar refractivity (Wildman–Crippen MR) is 105 cm³/mol. The summed E-state index contributed by atoms with van der Waals surface area (Å²) in [5, 5.41) is 4.80. The number of hydrogen-bond acceptors (Lipinski definition) is 3. The minimum absolute atomic E-state index is 0.131. The summed E-state index contributed by atoms with van der Waals surface area (Å²) in [6, 6.07) is 22.6. The molecule has 3 aromatic rings. The lowest BCUT2D eigenvalue weighted by atomic mass is 9.98. The van der Waals surface area contributed by atoms with Crippen LogP contribution in [0.1, 0.15) is 11.1 Å². The summed E-state index contributed by atoms with van der Waals surface area (Å²) in [7, 11) is 0. The molecule has 3 rings (SSSR count). The van der Waals surface area contributed by atoms with E-state index in [2.05, 4.69) is 5.32 Å². The highest BCUT2D eigenvalue weighted by Gasteiger charge is 2.19. The van der Waals surface area contributed by atoms with Gasteiger partial charge in [0, 0.05) is 6.42 Å². The third-order valence-corrected chi connectivity index (χ3v) is 4.33. The fourth-order valence-corrected chi connectivity index (χ4v) is 2.98. The Kier molecular flexibility index (Phi) is 6.18. The number of fused-ring (bicyclic) bond motifs is 1. The summed E-state index contributed by atoms with van der Waals surface area (Å²) in [4.78, 5) is 24.0. The van der Waals surface area contributed by atoms with Gasteiger partial charge in [-0.05, 0) is 21.9 Å². The van der Waals surface area contributed by atoms with Crippen molar-refractivity contribution < 1.29 is 14.3 Å². The Hall–Kier alpha value is -3.18. The van der Waals surface area contributed by atoms with E-state index in [1.165, 1.54) is 0 Å². The number of ether oxygens (including phenoxy) is 1. The van der Waals surface area contributed by atoms with Gasteiger partial charge >= 0.3 is 0 Å². The molecule has 1 atom stereocenters. The maximum atomic E-state index is 12.2. The van der Waals surface area contributed by atoms with E-state index in [4.69, 9.17) is 10.5 Å². The molecule has 0 radical (unpaired) electrons. The van der Waals surface area contributed by atoms with Gasteiger partial charge in [0.1, 0.15) is 12.6 Å². The third kappa shape index (κ3) is 5.15. The van der Waals surface area contributed by atoms with Gasteiger partial charge in [0.2, 0.25) is 11.8 Å². The Morgan fingerprint density at radius 1 is 0.926 bits per heavy atom. The van der Waals surface area contributed by atoms with Crippen LogP contribution in [0.3, 0.4) is 0 Å². The van der Waals surface area contributed by atoms with Crippen LogP contribution < -0.4 is 11.1 Å². The number of benzene rings is 3. The number of carbonyl (C=O) groups is 2. The highest BCUT2D eigenvalue weighted by atomic mass is 16.5. The molecule has 2 amide bonds. The van der Waals surface area contributed by atoms with Crippen LogP contribution in [0.25, 0.3) is 10.8 Å². The van der Waals surface area contributed by atoms with Gasteiger partial charge in [-0.1, -0.05) is 72.8 Å². The molecule has 5 nitrogen and oxygen atoms in total. The second-order valence-corrected chi connectivity index (χ2v) is 6.34. The van der Waals surface area contributed by atoms with Crippen molar-refractivity contribution in [1.29, 1.82) is 0 Å². The average Bonchev–Trinajstić information content (AvgIpc) is 2.68. The lowest BCUT2D eigenvalue weighted by Crippen LogP contribution is -2.47. The Bertz CT molecular complexity index is 920. The molecule has 5 heteroatoms. The van der Waals surface area contributed by atoms with Crippen LogP contribution in [0, 0.1) is 0 Å². The van der Waals surface area contributed by atoms with Gasteiger partial charge in [0.25, 0.3) is 0 Å². The first-order valence-electron chi connectivity index (χ1n) is 8.80. The van der Waals surface area contributed by atoms with Crippen molar-refractivity contribution in [3.63, 3.8) is 0 Å². The molecule has 138 valence electrons. The van der Waals surface area contributed by atoms with Crippen LogP contribution in [0.2, 0.25) is 0 Å². The van der Waals surface area contributed by atoms with E-state index >= 15 is 0 Å². The first kappa shape index (κ1) is 18.6. The molecule has 0 unspecified atom stereocenters. The van der Waals surface area contributed by atoms with E-state index in [0.29, 0.717) is 13.0 Å². The summed E-state index contributed by atoms with van der Waals surface area (Å²) in [5.74, 6) is -0.936. The molecular formula is C22H22N2O3. The molecule has 0 fully saturated rings. The van der Waals surface area contributed by atoms with Crippen molar-refractivity contribution in [2.75, 3.05) is 6.61 Å². The van der Waals surface area contributed by atoms with Crippen LogP contribution in [-0.4, -0.2) is 24.5 Å². The second kappa shape index (κ2) is 8.96. The highest BCUT2D eigenvalue weighted by molar-refractivity contribution is 5.89. The highest BCUT2D eigenvalue weighted by Crippen LogP contribution is 2.19. The van der Waals surface area contributed by atoms with Gasteiger partial charge in [-0.25, -0.2) is 0 Å². The molecular weight excluding hydrogens is 340 g/mol. The molecule has 0 bridgehead atoms. The fourth-order valence-electron chi connectivity index (χ4n) is 2.98. The number of nitrogens with two attached hydrogens (primary N) is 1. The van der Waals surface area contributed by atoms with Gasteiger partial charge in [0.05, 0.1) is 6.61 Å². The number of rotatable bonds is 8. The van der Waals surface area contributed by atoms with Crippen molar-refractivity contribution in [2.45, 2.75) is 19.1 Å². The third-order valence-electron chi connectivity index (χ3n) is 4.33. The second-order valence-electron chi connectivity index (χ2n) is 6.34. The predicted octanol–water partition coefficient (Wildman–Crippen LogP) is 2.57. The minimum atomic E-state index is -0.788. The summed E-state index contributed by atoms with van der Waals surface area (Å²) in [5.41, 5.74) is 7.44. The maximum absolute atomic E-state index is 12.2. The Labute approximate surface area is 158 Å². The van der Waals surface area contributed by atoms with E-state index in [1.807, 2.05) is 72.8 Å². The average molecular weight is 362 g/mol. The van der Waals surface area contributed by atoms with Crippen molar-refractivity contribution in [3.8, 4) is 0 Å². The molecule has 27 heavy (non-hydrogen) atoms. The largest absolute Gasteiger partial charge is 0.368 e. The van der Waals surface area contributed by atoms with Gasteiger partial charge < -0.3 is 15.8 Å². The molecule has 3 N–H and O–H groups in total. The van der Waals surface area contributed by atoms with Crippen molar-refractivity contribution in [3.05, 3.63) is 83.9 Å². The van der Waals surface area contributed by atoms with Crippen molar-refractivity contribution >= 4 is 22.6 Å². The summed E-state index contributed by atoms with van der Waals surface area (Å²) in [6.45, 7) is 0.201. The first-order valence-corrected chi connectivity index (χ1v) is 8.80. The van der Waals surface area contributed by atoms with Crippen LogP contribution in [0.4, 0.5) is 0 Å². The van der Waals surface area contributed by atoms with E-state index in [1.54, 1.807) is 0 Å². The Balaban J connectivity index is 1.60. The Morgan fingerprint density at radius 3 is 2.41 bits per heavy atom. The number of primary amides is 1. The molecule has 0 heterocycles. The molecule has 0 saturated carbocycles. The topological polar surface area (TPSA) is 81.4 Å². The van der Waals surface area contributed by atoms with E-state index in [9.17, 15) is 9.59 Å². The number of amides is 2. The summed E-state index contributed by atoms with van der Waals surface area (Å²) in [6.07, 6.45) is 0.334. The number of carbonyl (C=O) groups excluding carboxylic acids is 2. The molecule has 0 spiro atoms. The Morgan fingerprint density at radius 2 is 1.63 bits per heavy atom. The quantitative estimate of drug-likeness (QED) is 0.646. The zero-order chi connectivity index (χ0) is 19.1. The van der Waals surface area contributed by atoms with Crippen LogP contribution in [-0.2, 0) is 27.4 Å². The van der Waals surface area contributed by atoms with E-state index in [0.717, 1.165) is 21.9 Å². The van der Waals surface area contributed by atoms with Gasteiger partial charge in [0.15, 0.2) is 0 Å². The fraction of sp³-hybridized carbons (Fsp3) is 0.182. The SMILES string of the molecule is NC(=O)[C@H](Cc1cccc2ccccc12)NC(=O)COCc1ccccc1. The van der Waals surface area contributed by atoms with Crippen LogP contribution in [0.5, 0.6) is 0 Å². The zero-order valence-corrected chi connectivity index (χ0v) is 14.9. The molecule has 0 saturated heterocycles. The lowest BCUT2D eigenvalue weighted by Gasteiger charge is -2.17. The lowest BCUT2D eigenvalue weighted by molar-refractivity contribution is -0.130. The molecule has 3 aromatic carbocycles. The molecule has 0 aliphatic heterocycles. The molecule has 0 aliphatic carbocycles. The maximum Gasteiger partial charge on any atom is 0.246 e. The van der Waals surface area contributed by atoms with Gasteiger partial charge in [-0.3, -0.25) is 9.59 Å². The molecule has 0 aromatic heterocycles. The van der Waals surface area contributed by atoms with Crippen LogP contribution in [0.15, 0.2) is 72.8 Å². The summed E-state index contributed by atoms with van der Waals surface area (Å²) < 4.78 is 5.42. The number of nitrogens with one attached hydrogen (secondary N) is 1. The smallest absolute Gasteiger partial charge is 0.246 e. The zero-order valence-electron chi connectivity index (χ0n) is 14.9. The molecule has 0 aliphatic rings. The van der Waals surface area contributed by atoms with Gasteiger partial charge in [-0.15, -0.1) is 0 Å². The van der Waals surface area contributed by atoms with E-state index < -0.39 is 11.9 Å². The van der Waals surface area contributed by atoms with Gasteiger partial charge in [-0.2, -0.15) is 0 Å². The normalized spacial score (nSPS) is 11.9. The summed E-state index contributed by atoms with van der Waals surface area (Å²) >= 11 is 0. The van der Waals surface area contributed by atoms with E-state index in [-0.39, 0.29) is 12.5 Å². The monoisotopic (exact) mass is 362 g/mol. The van der Waals surface area contributed by atoms with Crippen LogP contribution >= 0.6 is 0 Å². The van der Waals surface area contributed by atoms with Crippen molar-refractivity contribution in [1.82, 2.24) is 5.32 Å². The van der Waals surface area contributed by atoms with Crippen molar-refractivity contribution in [2.24, 2.45) is 5.73 Å².